The van der Waals surface area contributed by atoms with Crippen LogP contribution in [-0.2, 0) is 4.74 Å². The first-order valence-corrected chi connectivity index (χ1v) is 12.6. The van der Waals surface area contributed by atoms with E-state index in [1.165, 1.54) is 6.20 Å². The molecule has 190 valence electrons. The lowest BCUT2D eigenvalue weighted by atomic mass is 10.1. The fraction of sp³-hybridized carbons (Fsp3) is 0.667. The minimum absolute atomic E-state index is 0.0183. The van der Waals surface area contributed by atoms with E-state index < -0.39 is 11.4 Å². The van der Waals surface area contributed by atoms with Crippen molar-refractivity contribution in [2.45, 2.75) is 70.2 Å². The third kappa shape index (κ3) is 4.82. The first-order chi connectivity index (χ1) is 16.6. The first-order valence-electron chi connectivity index (χ1n) is 12.2. The highest BCUT2D eigenvalue weighted by Crippen LogP contribution is 2.37. The van der Waals surface area contributed by atoms with Crippen molar-refractivity contribution in [1.82, 2.24) is 24.8 Å². The topological polar surface area (TPSA) is 83.9 Å². The SMILES string of the molecule is CN1CCC[C@H]1COc1nc(N2CC3CCC(C2)N3C(=O)OC(C)(C)C)c2cnc(Cl)c(F)c2n1. The summed E-state index contributed by atoms with van der Waals surface area (Å²) in [5.74, 6) is -0.139. The Labute approximate surface area is 209 Å². The summed E-state index contributed by atoms with van der Waals surface area (Å²) in [4.78, 5) is 32.1. The van der Waals surface area contributed by atoms with Gasteiger partial charge in [-0.1, -0.05) is 11.6 Å². The van der Waals surface area contributed by atoms with Crippen LogP contribution in [-0.4, -0.2) is 87.9 Å². The number of likely N-dealkylation sites (tertiary alicyclic amines) is 1. The quantitative estimate of drug-likeness (QED) is 0.578. The lowest BCUT2D eigenvalue weighted by Gasteiger charge is -2.42. The third-order valence-electron chi connectivity index (χ3n) is 7.06. The standard InChI is InChI=1S/C24H32ClFN6O3/c1-24(2,3)35-23(33)32-14-7-8-15(32)12-31(11-14)21-17-10-27-20(25)18(26)19(17)28-22(29-21)34-13-16-6-5-9-30(16)4/h10,14-16H,5-9,11-13H2,1-4H3/t14?,15?,16-/m0/s1. The highest BCUT2D eigenvalue weighted by Gasteiger charge is 2.45. The highest BCUT2D eigenvalue weighted by atomic mass is 35.5. The van der Waals surface area contributed by atoms with Gasteiger partial charge in [0.1, 0.15) is 23.5 Å². The lowest BCUT2D eigenvalue weighted by molar-refractivity contribution is 0.0123. The molecule has 2 unspecified atom stereocenters. The first kappa shape index (κ1) is 24.2. The molecular weight excluding hydrogens is 475 g/mol. The van der Waals surface area contributed by atoms with Crippen molar-refractivity contribution >= 4 is 34.4 Å². The number of piperazine rings is 1. The van der Waals surface area contributed by atoms with Gasteiger partial charge in [-0.2, -0.15) is 9.97 Å². The number of nitrogens with zero attached hydrogens (tertiary/aromatic N) is 6. The number of ether oxygens (including phenoxy) is 2. The Morgan fingerprint density at radius 1 is 1.20 bits per heavy atom. The number of rotatable bonds is 4. The number of likely N-dealkylation sites (N-methyl/N-ethyl adjacent to an activating group) is 1. The second-order valence-corrected chi connectivity index (χ2v) is 11.1. The van der Waals surface area contributed by atoms with Crippen LogP contribution in [0, 0.1) is 5.82 Å². The van der Waals surface area contributed by atoms with Crippen molar-refractivity contribution in [3.63, 3.8) is 0 Å². The van der Waals surface area contributed by atoms with Crippen LogP contribution in [0.2, 0.25) is 5.15 Å². The van der Waals surface area contributed by atoms with Crippen molar-refractivity contribution < 1.29 is 18.7 Å². The molecule has 9 nitrogen and oxygen atoms in total. The van der Waals surface area contributed by atoms with E-state index in [1.807, 2.05) is 25.7 Å². The molecule has 0 N–H and O–H groups in total. The number of carbonyl (C=O) groups is 1. The van der Waals surface area contributed by atoms with E-state index in [2.05, 4.69) is 26.8 Å². The van der Waals surface area contributed by atoms with E-state index >= 15 is 0 Å². The Morgan fingerprint density at radius 3 is 2.54 bits per heavy atom. The maximum atomic E-state index is 15.0. The number of hydrogen-bond acceptors (Lipinski definition) is 8. The van der Waals surface area contributed by atoms with Crippen LogP contribution < -0.4 is 9.64 Å². The predicted molar refractivity (Wildman–Crippen MR) is 131 cm³/mol. The molecule has 1 amide bonds. The van der Waals surface area contributed by atoms with E-state index in [9.17, 15) is 9.18 Å². The van der Waals surface area contributed by atoms with Gasteiger partial charge in [-0.25, -0.2) is 14.2 Å². The van der Waals surface area contributed by atoms with Crippen LogP contribution in [0.1, 0.15) is 46.5 Å². The second-order valence-electron chi connectivity index (χ2n) is 10.7. The molecule has 3 aliphatic heterocycles. The van der Waals surface area contributed by atoms with Crippen molar-refractivity contribution in [2.75, 3.05) is 38.2 Å². The minimum Gasteiger partial charge on any atom is -0.462 e. The van der Waals surface area contributed by atoms with E-state index in [0.717, 1.165) is 32.2 Å². The van der Waals surface area contributed by atoms with Crippen molar-refractivity contribution in [1.29, 1.82) is 0 Å². The summed E-state index contributed by atoms with van der Waals surface area (Å²) in [7, 11) is 2.07. The van der Waals surface area contributed by atoms with Crippen molar-refractivity contribution in [3.8, 4) is 6.01 Å². The zero-order valence-electron chi connectivity index (χ0n) is 20.6. The Balaban J connectivity index is 1.43. The van der Waals surface area contributed by atoms with Crippen LogP contribution >= 0.6 is 11.6 Å². The summed E-state index contributed by atoms with van der Waals surface area (Å²) in [6, 6.07) is 0.359. The molecular formula is C24H32ClFN6O3. The molecule has 3 atom stereocenters. The van der Waals surface area contributed by atoms with Gasteiger partial charge >= 0.3 is 12.1 Å². The van der Waals surface area contributed by atoms with E-state index in [1.54, 1.807) is 0 Å². The molecule has 3 fully saturated rings. The smallest absolute Gasteiger partial charge is 0.410 e. The molecule has 0 spiro atoms. The maximum Gasteiger partial charge on any atom is 0.410 e. The number of anilines is 1. The fourth-order valence-corrected chi connectivity index (χ4v) is 5.49. The zero-order chi connectivity index (χ0) is 24.9. The monoisotopic (exact) mass is 506 g/mol. The maximum absolute atomic E-state index is 15.0. The largest absolute Gasteiger partial charge is 0.462 e. The Hall–Kier alpha value is -2.46. The Morgan fingerprint density at radius 2 is 1.91 bits per heavy atom. The van der Waals surface area contributed by atoms with Gasteiger partial charge in [0, 0.05) is 25.3 Å². The van der Waals surface area contributed by atoms with Gasteiger partial charge in [0.2, 0.25) is 0 Å². The average molecular weight is 507 g/mol. The van der Waals surface area contributed by atoms with Gasteiger partial charge < -0.3 is 19.3 Å². The molecule has 11 heteroatoms. The average Bonchev–Trinajstić information content (AvgIpc) is 3.32. The number of aromatic nitrogens is 3. The molecule has 5 heterocycles. The Bertz CT molecular complexity index is 1110. The van der Waals surface area contributed by atoms with Crippen molar-refractivity contribution in [2.24, 2.45) is 0 Å². The van der Waals surface area contributed by atoms with Crippen LogP contribution in [0.4, 0.5) is 15.0 Å². The van der Waals surface area contributed by atoms with Gasteiger partial charge in [0.05, 0.1) is 17.5 Å². The number of halogens is 2. The third-order valence-corrected chi connectivity index (χ3v) is 7.33. The van der Waals surface area contributed by atoms with Gasteiger partial charge in [-0.05, 0) is 60.0 Å². The highest BCUT2D eigenvalue weighted by molar-refractivity contribution is 6.30. The predicted octanol–water partition coefficient (Wildman–Crippen LogP) is 3.88. The molecule has 3 aliphatic rings. The molecule has 3 saturated heterocycles. The summed E-state index contributed by atoms with van der Waals surface area (Å²) in [6.07, 6.45) is 5.12. The van der Waals surface area contributed by atoms with Gasteiger partial charge in [-0.3, -0.25) is 4.90 Å². The van der Waals surface area contributed by atoms with Gasteiger partial charge in [-0.15, -0.1) is 0 Å². The Kier molecular flexibility index (Phi) is 6.37. The molecule has 35 heavy (non-hydrogen) atoms. The van der Waals surface area contributed by atoms with Gasteiger partial charge in [0.25, 0.3) is 0 Å². The van der Waals surface area contributed by atoms with Crippen molar-refractivity contribution in [3.05, 3.63) is 17.2 Å². The summed E-state index contributed by atoms with van der Waals surface area (Å²) in [5, 5.41) is 0.237. The molecule has 0 aromatic carbocycles. The molecule has 0 radical (unpaired) electrons. The molecule has 5 rings (SSSR count). The summed E-state index contributed by atoms with van der Waals surface area (Å²) < 4.78 is 26.6. The molecule has 0 aliphatic carbocycles. The number of carbonyl (C=O) groups excluding carboxylic acids is 1. The van der Waals surface area contributed by atoms with Crippen LogP contribution in [0.3, 0.4) is 0 Å². The van der Waals surface area contributed by atoms with Gasteiger partial charge in [0.15, 0.2) is 11.0 Å². The minimum atomic E-state index is -0.689. The second kappa shape index (κ2) is 9.20. The number of amides is 1. The molecule has 2 bridgehead atoms. The summed E-state index contributed by atoms with van der Waals surface area (Å²) >= 11 is 5.98. The normalized spacial score (nSPS) is 24.9. The zero-order valence-corrected chi connectivity index (χ0v) is 21.4. The number of hydrogen-bond donors (Lipinski definition) is 0. The molecule has 2 aromatic rings. The summed E-state index contributed by atoms with van der Waals surface area (Å²) in [5.41, 5.74) is -0.467. The molecule has 0 saturated carbocycles. The number of fused-ring (bicyclic) bond motifs is 3. The summed E-state index contributed by atoms with van der Waals surface area (Å²) in [6.45, 7) is 8.17. The fourth-order valence-electron chi connectivity index (χ4n) is 5.35. The number of pyridine rings is 1. The van der Waals surface area contributed by atoms with E-state index in [4.69, 9.17) is 26.1 Å². The van der Waals surface area contributed by atoms with Crippen LogP contribution in [0.5, 0.6) is 6.01 Å². The van der Waals surface area contributed by atoms with E-state index in [-0.39, 0.29) is 40.9 Å². The lowest BCUT2D eigenvalue weighted by Crippen LogP contribution is -2.57. The van der Waals surface area contributed by atoms with E-state index in [0.29, 0.717) is 30.9 Å². The van der Waals surface area contributed by atoms with Crippen LogP contribution in [0.25, 0.3) is 10.9 Å². The molecule has 2 aromatic heterocycles. The van der Waals surface area contributed by atoms with Crippen LogP contribution in [0.15, 0.2) is 6.20 Å².